The molecule has 0 aromatic carbocycles. The zero-order valence-corrected chi connectivity index (χ0v) is 13.5. The van der Waals surface area contributed by atoms with Gasteiger partial charge >= 0.3 is 0 Å². The highest BCUT2D eigenvalue weighted by atomic mass is 32.2. The van der Waals surface area contributed by atoms with Crippen molar-refractivity contribution in [2.45, 2.75) is 23.0 Å². The second kappa shape index (κ2) is 5.95. The number of hydrogen-bond acceptors (Lipinski definition) is 6. The minimum absolute atomic E-state index is 0.00530. The largest absolute Gasteiger partial charge is 0.388 e. The molecule has 2 rings (SSSR count). The van der Waals surface area contributed by atoms with Crippen molar-refractivity contribution in [1.82, 2.24) is 9.71 Å². The van der Waals surface area contributed by atoms with Gasteiger partial charge in [-0.3, -0.25) is 4.98 Å². The molecule has 1 fully saturated rings. The van der Waals surface area contributed by atoms with Crippen LogP contribution in [0, 0.1) is 0 Å². The molecule has 7 nitrogen and oxygen atoms in total. The predicted molar refractivity (Wildman–Crippen MR) is 82.1 cm³/mol. The summed E-state index contributed by atoms with van der Waals surface area (Å²) in [4.78, 5) is 3.57. The van der Waals surface area contributed by atoms with E-state index in [1.54, 1.807) is 0 Å². The summed E-state index contributed by atoms with van der Waals surface area (Å²) >= 11 is 4.77. The molecule has 0 radical (unpaired) electrons. The van der Waals surface area contributed by atoms with Crippen molar-refractivity contribution in [3.8, 4) is 0 Å². The summed E-state index contributed by atoms with van der Waals surface area (Å²) in [6, 6.07) is 2.77. The summed E-state index contributed by atoms with van der Waals surface area (Å²) in [6.45, 7) is -0.156. The fraction of sp³-hybridized carbons (Fsp3) is 0.455. The standard InChI is InChI=1S/C11H15N3O4S3/c12-11(19)10-9(4-1-5-13-10)21(17,18)14-7-8-3-2-6-20(8,15)16/h1,4-5,8,14H,2-3,6-7H2,(H2,12,19). The van der Waals surface area contributed by atoms with Gasteiger partial charge in [0, 0.05) is 12.7 Å². The molecule has 1 aliphatic heterocycles. The van der Waals surface area contributed by atoms with Crippen LogP contribution in [-0.4, -0.2) is 44.4 Å². The minimum Gasteiger partial charge on any atom is -0.388 e. The Morgan fingerprint density at radius 3 is 2.81 bits per heavy atom. The van der Waals surface area contributed by atoms with Crippen molar-refractivity contribution in [3.63, 3.8) is 0 Å². The molecule has 116 valence electrons. The Labute approximate surface area is 128 Å². The highest BCUT2D eigenvalue weighted by Gasteiger charge is 2.32. The number of rotatable bonds is 5. The SMILES string of the molecule is NC(=S)c1ncccc1S(=O)(=O)NCC1CCCS1(=O)=O. The van der Waals surface area contributed by atoms with Crippen LogP contribution in [0.15, 0.2) is 23.2 Å². The van der Waals surface area contributed by atoms with Crippen molar-refractivity contribution < 1.29 is 16.8 Å². The van der Waals surface area contributed by atoms with Crippen LogP contribution in [0.4, 0.5) is 0 Å². The first-order chi connectivity index (χ1) is 9.74. The Morgan fingerprint density at radius 1 is 1.52 bits per heavy atom. The number of aromatic nitrogens is 1. The highest BCUT2D eigenvalue weighted by molar-refractivity contribution is 7.92. The molecular formula is C11H15N3O4S3. The molecule has 0 saturated carbocycles. The topological polar surface area (TPSA) is 119 Å². The van der Waals surface area contributed by atoms with E-state index in [4.69, 9.17) is 18.0 Å². The molecule has 1 aromatic heterocycles. The number of nitrogens with two attached hydrogens (primary N) is 1. The van der Waals surface area contributed by atoms with Crippen molar-refractivity contribution in [2.75, 3.05) is 12.3 Å². The summed E-state index contributed by atoms with van der Waals surface area (Å²) in [6.07, 6.45) is 2.40. The Hall–Kier alpha value is -1.10. The molecule has 1 saturated heterocycles. The van der Waals surface area contributed by atoms with E-state index in [1.165, 1.54) is 18.3 Å². The van der Waals surface area contributed by atoms with Crippen LogP contribution in [0.25, 0.3) is 0 Å². The fourth-order valence-electron chi connectivity index (χ4n) is 2.16. The lowest BCUT2D eigenvalue weighted by atomic mass is 10.2. The number of pyridine rings is 1. The third-order valence-electron chi connectivity index (χ3n) is 3.26. The number of sulfone groups is 1. The van der Waals surface area contributed by atoms with Gasteiger partial charge in [-0.05, 0) is 25.0 Å². The fourth-order valence-corrected chi connectivity index (χ4v) is 5.51. The van der Waals surface area contributed by atoms with E-state index >= 15 is 0 Å². The second-order valence-corrected chi connectivity index (χ2v) is 9.27. The van der Waals surface area contributed by atoms with Gasteiger partial charge in [0.15, 0.2) is 9.84 Å². The second-order valence-electron chi connectivity index (χ2n) is 4.70. The molecule has 0 bridgehead atoms. The Balaban J connectivity index is 2.22. The summed E-state index contributed by atoms with van der Waals surface area (Å²) in [5.74, 6) is 0.102. The van der Waals surface area contributed by atoms with E-state index in [2.05, 4.69) is 9.71 Å². The number of thiocarbonyl (C=S) groups is 1. The van der Waals surface area contributed by atoms with E-state index in [-0.39, 0.29) is 27.9 Å². The molecule has 1 atom stereocenters. The number of nitrogens with one attached hydrogen (secondary N) is 1. The average Bonchev–Trinajstić information content (AvgIpc) is 2.75. The van der Waals surface area contributed by atoms with E-state index in [1.807, 2.05) is 0 Å². The number of nitrogens with zero attached hydrogens (tertiary/aromatic N) is 1. The molecule has 0 spiro atoms. The van der Waals surface area contributed by atoms with Gasteiger partial charge in [0.05, 0.1) is 11.0 Å². The summed E-state index contributed by atoms with van der Waals surface area (Å²) in [5.41, 5.74) is 5.45. The average molecular weight is 349 g/mol. The molecule has 3 N–H and O–H groups in total. The molecule has 1 aliphatic rings. The quantitative estimate of drug-likeness (QED) is 0.692. The maximum absolute atomic E-state index is 12.3. The van der Waals surface area contributed by atoms with Crippen molar-refractivity contribution in [3.05, 3.63) is 24.0 Å². The minimum atomic E-state index is -3.92. The van der Waals surface area contributed by atoms with Gasteiger partial charge in [-0.25, -0.2) is 21.6 Å². The number of sulfonamides is 1. The predicted octanol–water partition coefficient (Wildman–Crippen LogP) is -0.429. The van der Waals surface area contributed by atoms with Crippen molar-refractivity contribution in [2.24, 2.45) is 5.73 Å². The lowest BCUT2D eigenvalue weighted by Crippen LogP contribution is -2.35. The van der Waals surface area contributed by atoms with E-state index in [0.29, 0.717) is 12.8 Å². The van der Waals surface area contributed by atoms with Gasteiger partial charge in [-0.15, -0.1) is 0 Å². The monoisotopic (exact) mass is 349 g/mol. The number of hydrogen-bond donors (Lipinski definition) is 2. The first-order valence-corrected chi connectivity index (χ1v) is 9.81. The Bertz CT molecular complexity index is 759. The molecule has 1 aromatic rings. The lowest BCUT2D eigenvalue weighted by Gasteiger charge is -2.13. The zero-order valence-electron chi connectivity index (χ0n) is 11.0. The van der Waals surface area contributed by atoms with Crippen LogP contribution in [0.3, 0.4) is 0 Å². The smallest absolute Gasteiger partial charge is 0.242 e. The Morgan fingerprint density at radius 2 is 2.24 bits per heavy atom. The van der Waals surface area contributed by atoms with Crippen LogP contribution in [0.1, 0.15) is 18.5 Å². The normalized spacial score (nSPS) is 21.2. The van der Waals surface area contributed by atoms with Crippen LogP contribution in [-0.2, 0) is 19.9 Å². The van der Waals surface area contributed by atoms with Gasteiger partial charge in [-0.1, -0.05) is 12.2 Å². The van der Waals surface area contributed by atoms with Gasteiger partial charge in [0.1, 0.15) is 15.6 Å². The summed E-state index contributed by atoms with van der Waals surface area (Å²) < 4.78 is 50.2. The Kier molecular flexibility index (Phi) is 4.61. The zero-order chi connectivity index (χ0) is 15.7. The highest BCUT2D eigenvalue weighted by Crippen LogP contribution is 2.20. The third-order valence-corrected chi connectivity index (χ3v) is 7.18. The molecule has 0 amide bonds. The molecular weight excluding hydrogens is 334 g/mol. The summed E-state index contributed by atoms with van der Waals surface area (Å²) in [5, 5.41) is -0.683. The van der Waals surface area contributed by atoms with Crippen LogP contribution < -0.4 is 10.5 Å². The van der Waals surface area contributed by atoms with Crippen LogP contribution in [0.2, 0.25) is 0 Å². The summed E-state index contributed by atoms with van der Waals surface area (Å²) in [7, 11) is -7.13. The maximum Gasteiger partial charge on any atom is 0.242 e. The van der Waals surface area contributed by atoms with Gasteiger partial charge in [0.2, 0.25) is 10.0 Å². The van der Waals surface area contributed by atoms with Crippen LogP contribution in [0.5, 0.6) is 0 Å². The van der Waals surface area contributed by atoms with E-state index in [0.717, 1.165) is 0 Å². The lowest BCUT2D eigenvalue weighted by molar-refractivity contribution is 0.570. The maximum atomic E-state index is 12.3. The van der Waals surface area contributed by atoms with Gasteiger partial charge < -0.3 is 5.73 Å². The van der Waals surface area contributed by atoms with Crippen molar-refractivity contribution in [1.29, 1.82) is 0 Å². The first-order valence-electron chi connectivity index (χ1n) is 6.20. The molecule has 1 unspecified atom stereocenters. The molecule has 0 aliphatic carbocycles. The molecule has 2 heterocycles. The molecule has 21 heavy (non-hydrogen) atoms. The van der Waals surface area contributed by atoms with Gasteiger partial charge in [-0.2, -0.15) is 0 Å². The first kappa shape index (κ1) is 16.3. The van der Waals surface area contributed by atoms with E-state index in [9.17, 15) is 16.8 Å². The third kappa shape index (κ3) is 3.57. The van der Waals surface area contributed by atoms with Gasteiger partial charge in [0.25, 0.3) is 0 Å². The molecule has 10 heteroatoms. The van der Waals surface area contributed by atoms with E-state index < -0.39 is 25.1 Å². The van der Waals surface area contributed by atoms with Crippen LogP contribution >= 0.6 is 12.2 Å². The van der Waals surface area contributed by atoms with Crippen molar-refractivity contribution >= 4 is 37.1 Å².